The lowest BCUT2D eigenvalue weighted by Gasteiger charge is -2.18. The van der Waals surface area contributed by atoms with E-state index in [1.807, 2.05) is 30.3 Å². The van der Waals surface area contributed by atoms with Crippen molar-refractivity contribution in [3.8, 4) is 17.0 Å². The second-order valence-corrected chi connectivity index (χ2v) is 7.28. The molecule has 0 aliphatic heterocycles. The van der Waals surface area contributed by atoms with Gasteiger partial charge >= 0.3 is 0 Å². The molecule has 1 N–H and O–H groups in total. The molecule has 0 spiro atoms. The van der Waals surface area contributed by atoms with Gasteiger partial charge in [-0.05, 0) is 35.9 Å². The molecule has 0 bridgehead atoms. The summed E-state index contributed by atoms with van der Waals surface area (Å²) in [7, 11) is 4.71. The first-order valence-electron chi connectivity index (χ1n) is 10.1. The summed E-state index contributed by atoms with van der Waals surface area (Å²) < 4.78 is 11.7. The molecule has 0 aliphatic carbocycles. The molecule has 3 heterocycles. The molecule has 33 heavy (non-hydrogen) atoms. The largest absolute Gasteiger partial charge is 0.481 e. The molecule has 2 amide bonds. The maximum absolute atomic E-state index is 13.1. The van der Waals surface area contributed by atoms with Crippen molar-refractivity contribution in [3.63, 3.8) is 0 Å². The first kappa shape index (κ1) is 22.0. The Morgan fingerprint density at radius 3 is 2.61 bits per heavy atom. The number of rotatable bonds is 7. The van der Waals surface area contributed by atoms with Gasteiger partial charge in [-0.3, -0.25) is 9.59 Å². The van der Waals surface area contributed by atoms with Crippen LogP contribution in [0.25, 0.3) is 16.6 Å². The van der Waals surface area contributed by atoms with Crippen molar-refractivity contribution < 1.29 is 19.1 Å². The average Bonchev–Trinajstić information content (AvgIpc) is 3.27. The van der Waals surface area contributed by atoms with E-state index >= 15 is 0 Å². The first-order valence-corrected chi connectivity index (χ1v) is 10.1. The normalized spacial score (nSPS) is 10.8. The van der Waals surface area contributed by atoms with Gasteiger partial charge in [0.15, 0.2) is 0 Å². The summed E-state index contributed by atoms with van der Waals surface area (Å²) in [6.45, 7) is -0.00662. The van der Waals surface area contributed by atoms with E-state index in [-0.39, 0.29) is 18.4 Å². The summed E-state index contributed by atoms with van der Waals surface area (Å²) in [5.41, 5.74) is 4.43. The van der Waals surface area contributed by atoms with Crippen LogP contribution in [0.1, 0.15) is 10.4 Å². The van der Waals surface area contributed by atoms with Crippen LogP contribution in [-0.4, -0.2) is 54.3 Å². The highest BCUT2D eigenvalue weighted by Gasteiger charge is 2.17. The smallest absolute Gasteiger partial charge is 0.258 e. The number of carbonyl (C=O) groups excluding carboxylic acids is 2. The second kappa shape index (κ2) is 9.49. The molecule has 0 atom stereocenters. The molecule has 1 aromatic carbocycles. The Kier molecular flexibility index (Phi) is 6.32. The lowest BCUT2D eigenvalue weighted by Crippen LogP contribution is -2.26. The highest BCUT2D eigenvalue weighted by Crippen LogP contribution is 2.27. The molecule has 0 fully saturated rings. The molecule has 0 saturated carbocycles. The molecular weight excluding hydrogens is 422 g/mol. The Bertz CT molecular complexity index is 1300. The minimum absolute atomic E-state index is 0.00662. The predicted octanol–water partition coefficient (Wildman–Crippen LogP) is 3.27. The van der Waals surface area contributed by atoms with Gasteiger partial charge in [-0.2, -0.15) is 5.10 Å². The summed E-state index contributed by atoms with van der Waals surface area (Å²) in [4.78, 5) is 30.5. The highest BCUT2D eigenvalue weighted by molar-refractivity contribution is 6.06. The van der Waals surface area contributed by atoms with Crippen LogP contribution in [0.3, 0.4) is 0 Å². The fraction of sp³-hybridized carbons (Fsp3) is 0.167. The fourth-order valence-electron chi connectivity index (χ4n) is 3.43. The number of carbonyl (C=O) groups is 2. The fourth-order valence-corrected chi connectivity index (χ4v) is 3.43. The van der Waals surface area contributed by atoms with Crippen LogP contribution in [0.15, 0.2) is 67.1 Å². The van der Waals surface area contributed by atoms with Gasteiger partial charge in [-0.1, -0.05) is 12.1 Å². The van der Waals surface area contributed by atoms with E-state index in [2.05, 4.69) is 15.4 Å². The third-order valence-electron chi connectivity index (χ3n) is 5.14. The number of nitrogens with one attached hydrogen (secondary N) is 1. The lowest BCUT2D eigenvalue weighted by molar-refractivity contribution is -0.119. The monoisotopic (exact) mass is 445 g/mol. The molecule has 0 unspecified atom stereocenters. The molecule has 9 nitrogen and oxygen atoms in total. The van der Waals surface area contributed by atoms with Crippen LogP contribution in [0.2, 0.25) is 0 Å². The molecule has 168 valence electrons. The van der Waals surface area contributed by atoms with Crippen molar-refractivity contribution in [2.24, 2.45) is 0 Å². The Labute approximate surface area is 190 Å². The van der Waals surface area contributed by atoms with Gasteiger partial charge < -0.3 is 19.7 Å². The number of fused-ring (bicyclic) bond motifs is 1. The van der Waals surface area contributed by atoms with Crippen LogP contribution in [0, 0.1) is 0 Å². The molecular formula is C24H23N5O4. The number of benzene rings is 1. The molecule has 4 rings (SSSR count). The molecule has 4 aromatic rings. The second-order valence-electron chi connectivity index (χ2n) is 7.28. The van der Waals surface area contributed by atoms with E-state index in [0.29, 0.717) is 22.8 Å². The third-order valence-corrected chi connectivity index (χ3v) is 5.14. The van der Waals surface area contributed by atoms with Gasteiger partial charge in [-0.15, -0.1) is 0 Å². The maximum atomic E-state index is 13.1. The van der Waals surface area contributed by atoms with Gasteiger partial charge in [0.2, 0.25) is 11.8 Å². The molecule has 9 heteroatoms. The minimum atomic E-state index is -0.222. The van der Waals surface area contributed by atoms with Crippen molar-refractivity contribution in [2.75, 3.05) is 38.1 Å². The number of nitrogens with zero attached hydrogens (tertiary/aromatic N) is 4. The van der Waals surface area contributed by atoms with Crippen molar-refractivity contribution >= 4 is 28.7 Å². The summed E-state index contributed by atoms with van der Waals surface area (Å²) >= 11 is 0. The topological polar surface area (TPSA) is 98.1 Å². The van der Waals surface area contributed by atoms with Gasteiger partial charge in [0.25, 0.3) is 5.91 Å². The van der Waals surface area contributed by atoms with E-state index in [1.54, 1.807) is 53.3 Å². The zero-order valence-corrected chi connectivity index (χ0v) is 18.5. The van der Waals surface area contributed by atoms with Gasteiger partial charge in [-0.25, -0.2) is 9.50 Å². The zero-order chi connectivity index (χ0) is 23.4. The minimum Gasteiger partial charge on any atom is -0.481 e. The predicted molar refractivity (Wildman–Crippen MR) is 125 cm³/mol. The Hall–Kier alpha value is -4.24. The Morgan fingerprint density at radius 1 is 1.09 bits per heavy atom. The summed E-state index contributed by atoms with van der Waals surface area (Å²) in [5, 5.41) is 7.16. The van der Waals surface area contributed by atoms with E-state index in [4.69, 9.17) is 9.47 Å². The SMILES string of the molecule is COCC(=O)Nc1ccc(-c2cnn3ccc(C(=O)N(C)c4ccnc(OC)c4)cc23)cc1. The van der Waals surface area contributed by atoms with Crippen molar-refractivity contribution in [1.29, 1.82) is 0 Å². The first-order chi connectivity index (χ1) is 16.0. The summed E-state index contributed by atoms with van der Waals surface area (Å²) in [6.07, 6.45) is 5.10. The van der Waals surface area contributed by atoms with E-state index in [1.165, 1.54) is 14.2 Å². The number of amides is 2. The number of anilines is 2. The number of methoxy groups -OCH3 is 2. The summed E-state index contributed by atoms with van der Waals surface area (Å²) in [6, 6.07) is 14.4. The van der Waals surface area contributed by atoms with E-state index < -0.39 is 0 Å². The Balaban J connectivity index is 1.61. The third kappa shape index (κ3) is 4.68. The number of pyridine rings is 2. The molecule has 0 radical (unpaired) electrons. The highest BCUT2D eigenvalue weighted by atomic mass is 16.5. The van der Waals surface area contributed by atoms with Crippen LogP contribution in [0.4, 0.5) is 11.4 Å². The number of hydrogen-bond donors (Lipinski definition) is 1. The van der Waals surface area contributed by atoms with Crippen molar-refractivity contribution in [1.82, 2.24) is 14.6 Å². The molecule has 0 saturated heterocycles. The summed E-state index contributed by atoms with van der Waals surface area (Å²) in [5.74, 6) is 0.0389. The van der Waals surface area contributed by atoms with Crippen LogP contribution >= 0.6 is 0 Å². The van der Waals surface area contributed by atoms with Crippen LogP contribution < -0.4 is 15.0 Å². The molecule has 0 aliphatic rings. The van der Waals surface area contributed by atoms with Crippen molar-refractivity contribution in [2.45, 2.75) is 0 Å². The quantitative estimate of drug-likeness (QED) is 0.469. The van der Waals surface area contributed by atoms with Gasteiger partial charge in [0.1, 0.15) is 6.61 Å². The number of ether oxygens (including phenoxy) is 2. The Morgan fingerprint density at radius 2 is 1.88 bits per heavy atom. The van der Waals surface area contributed by atoms with E-state index in [0.717, 1.165) is 16.6 Å². The standard InChI is InChI=1S/C24H23N5O4/c1-28(19-8-10-25-23(13-19)33-3)24(31)17-9-11-29-21(12-17)20(14-26-29)16-4-6-18(7-5-16)27-22(30)15-32-2/h4-14H,15H2,1-3H3,(H,27,30). The van der Waals surface area contributed by atoms with Crippen LogP contribution in [-0.2, 0) is 9.53 Å². The maximum Gasteiger partial charge on any atom is 0.258 e. The zero-order valence-electron chi connectivity index (χ0n) is 18.5. The number of aromatic nitrogens is 3. The van der Waals surface area contributed by atoms with Gasteiger partial charge in [0.05, 0.1) is 24.5 Å². The van der Waals surface area contributed by atoms with Crippen molar-refractivity contribution in [3.05, 3.63) is 72.7 Å². The average molecular weight is 445 g/mol. The van der Waals surface area contributed by atoms with Crippen LogP contribution in [0.5, 0.6) is 5.88 Å². The van der Waals surface area contributed by atoms with E-state index in [9.17, 15) is 9.59 Å². The van der Waals surface area contributed by atoms with Gasteiger partial charge in [0, 0.05) is 49.4 Å². The lowest BCUT2D eigenvalue weighted by atomic mass is 10.1. The number of hydrogen-bond acceptors (Lipinski definition) is 6. The molecule has 3 aromatic heterocycles.